The smallest absolute Gasteiger partial charge is 0.254 e. The van der Waals surface area contributed by atoms with Crippen molar-refractivity contribution in [2.45, 2.75) is 31.8 Å². The van der Waals surface area contributed by atoms with Gasteiger partial charge in [0.2, 0.25) is 5.91 Å². The van der Waals surface area contributed by atoms with Gasteiger partial charge >= 0.3 is 0 Å². The highest BCUT2D eigenvalue weighted by atomic mass is 32.1. The Morgan fingerprint density at radius 3 is 2.58 bits per heavy atom. The summed E-state index contributed by atoms with van der Waals surface area (Å²) < 4.78 is 0. The number of rotatable bonds is 3. The molecule has 2 aromatic carbocycles. The number of benzene rings is 2. The van der Waals surface area contributed by atoms with Gasteiger partial charge in [0.25, 0.3) is 5.91 Å². The molecule has 6 heteroatoms. The summed E-state index contributed by atoms with van der Waals surface area (Å²) in [5.41, 5.74) is 3.93. The van der Waals surface area contributed by atoms with Crippen molar-refractivity contribution in [2.24, 2.45) is 0 Å². The Kier molecular flexibility index (Phi) is 5.71. The minimum absolute atomic E-state index is 0.0225. The summed E-state index contributed by atoms with van der Waals surface area (Å²) in [7, 11) is 1.82. The van der Waals surface area contributed by atoms with Crippen LogP contribution in [0.5, 0.6) is 0 Å². The first-order chi connectivity index (χ1) is 16.0. The van der Waals surface area contributed by atoms with Gasteiger partial charge in [0, 0.05) is 48.9 Å². The van der Waals surface area contributed by atoms with Crippen LogP contribution >= 0.6 is 11.3 Å². The first kappa shape index (κ1) is 21.7. The van der Waals surface area contributed by atoms with Crippen LogP contribution in [-0.4, -0.2) is 54.3 Å². The van der Waals surface area contributed by atoms with Crippen molar-refractivity contribution in [3.8, 4) is 0 Å². The molecule has 1 saturated heterocycles. The molecule has 0 bridgehead atoms. The molecule has 3 heterocycles. The second-order valence-electron chi connectivity index (χ2n) is 9.11. The highest BCUT2D eigenvalue weighted by Crippen LogP contribution is 2.44. The Labute approximate surface area is 199 Å². The Morgan fingerprint density at radius 1 is 1.03 bits per heavy atom. The average molecular weight is 460 g/mol. The molecule has 0 N–H and O–H groups in total. The number of amides is 2. The van der Waals surface area contributed by atoms with Crippen molar-refractivity contribution in [3.63, 3.8) is 0 Å². The third kappa shape index (κ3) is 3.82. The van der Waals surface area contributed by atoms with Crippen molar-refractivity contribution < 1.29 is 9.59 Å². The topological polar surface area (TPSA) is 43.9 Å². The number of anilines is 1. The molecule has 3 unspecified atom stereocenters. The first-order valence-electron chi connectivity index (χ1n) is 11.5. The van der Waals surface area contributed by atoms with E-state index in [0.717, 1.165) is 17.0 Å². The van der Waals surface area contributed by atoms with Crippen molar-refractivity contribution in [3.05, 3.63) is 87.6 Å². The fraction of sp³-hybridized carbons (Fsp3) is 0.333. The Hall–Kier alpha value is -3.12. The number of hydrogen-bond donors (Lipinski definition) is 0. The maximum atomic E-state index is 14.1. The zero-order valence-corrected chi connectivity index (χ0v) is 20.1. The molecule has 5 nitrogen and oxygen atoms in total. The van der Waals surface area contributed by atoms with Gasteiger partial charge in [0.05, 0.1) is 12.0 Å². The zero-order chi connectivity index (χ0) is 23.1. The van der Waals surface area contributed by atoms with Gasteiger partial charge in [0.15, 0.2) is 0 Å². The fourth-order valence-electron chi connectivity index (χ4n) is 5.30. The second kappa shape index (κ2) is 8.67. The molecule has 2 aliphatic rings. The summed E-state index contributed by atoms with van der Waals surface area (Å²) in [6.07, 6.45) is 0. The summed E-state index contributed by atoms with van der Waals surface area (Å²) in [5, 5.41) is 2.01. The molecule has 33 heavy (non-hydrogen) atoms. The van der Waals surface area contributed by atoms with Crippen molar-refractivity contribution in [2.75, 3.05) is 31.6 Å². The standard InChI is InChI=1S/C27H29N3O2S/c1-18-8-6-9-20(16-18)30-14-13-29(17-19(30)2)27(32)24-21-10-4-5-11-22(21)26(31)28(3)25(24)23-12-7-15-33-23/h4-12,15-16,19,24-25H,13-14,17H2,1-3H3. The number of thiophene rings is 1. The maximum absolute atomic E-state index is 14.1. The largest absolute Gasteiger partial charge is 0.365 e. The number of fused-ring (bicyclic) bond motifs is 1. The van der Waals surface area contributed by atoms with Crippen LogP contribution in [0.3, 0.4) is 0 Å². The maximum Gasteiger partial charge on any atom is 0.254 e. The third-order valence-electron chi connectivity index (χ3n) is 6.95. The van der Waals surface area contributed by atoms with Crippen LogP contribution in [-0.2, 0) is 4.79 Å². The highest BCUT2D eigenvalue weighted by Gasteiger charge is 2.45. The normalized spacial score (nSPS) is 22.9. The number of carbonyl (C=O) groups is 2. The van der Waals surface area contributed by atoms with Gasteiger partial charge in [-0.15, -0.1) is 11.3 Å². The third-order valence-corrected chi connectivity index (χ3v) is 7.90. The minimum Gasteiger partial charge on any atom is -0.365 e. The predicted octanol–water partition coefficient (Wildman–Crippen LogP) is 4.70. The first-order valence-corrected chi connectivity index (χ1v) is 12.3. The number of likely N-dealkylation sites (N-methyl/N-ethyl adjacent to an activating group) is 1. The van der Waals surface area contributed by atoms with Crippen LogP contribution < -0.4 is 4.90 Å². The second-order valence-corrected chi connectivity index (χ2v) is 10.1. The summed E-state index contributed by atoms with van der Waals surface area (Å²) in [6, 6.07) is 20.1. The van der Waals surface area contributed by atoms with Crippen molar-refractivity contribution in [1.82, 2.24) is 9.80 Å². The van der Waals surface area contributed by atoms with E-state index in [2.05, 4.69) is 43.0 Å². The number of hydrogen-bond acceptors (Lipinski definition) is 4. The van der Waals surface area contributed by atoms with E-state index < -0.39 is 5.92 Å². The van der Waals surface area contributed by atoms with E-state index in [0.29, 0.717) is 18.7 Å². The molecule has 5 rings (SSSR count). The molecule has 2 amide bonds. The summed E-state index contributed by atoms with van der Waals surface area (Å²) >= 11 is 1.60. The molecule has 3 atom stereocenters. The summed E-state index contributed by atoms with van der Waals surface area (Å²) in [5.74, 6) is -0.318. The van der Waals surface area contributed by atoms with E-state index in [-0.39, 0.29) is 23.9 Å². The number of nitrogens with zero attached hydrogens (tertiary/aromatic N) is 3. The monoisotopic (exact) mass is 459 g/mol. The lowest BCUT2D eigenvalue weighted by atomic mass is 9.81. The number of carbonyl (C=O) groups excluding carboxylic acids is 2. The Balaban J connectivity index is 1.46. The molecule has 170 valence electrons. The fourth-order valence-corrected chi connectivity index (χ4v) is 6.21. The lowest BCUT2D eigenvalue weighted by Gasteiger charge is -2.45. The molecule has 0 saturated carbocycles. The van der Waals surface area contributed by atoms with Gasteiger partial charge in [-0.3, -0.25) is 9.59 Å². The van der Waals surface area contributed by atoms with Gasteiger partial charge in [-0.1, -0.05) is 36.4 Å². The predicted molar refractivity (Wildman–Crippen MR) is 133 cm³/mol. The van der Waals surface area contributed by atoms with E-state index in [1.54, 1.807) is 16.2 Å². The average Bonchev–Trinajstić information content (AvgIpc) is 3.35. The van der Waals surface area contributed by atoms with Crippen LogP contribution in [0.1, 0.15) is 45.2 Å². The van der Waals surface area contributed by atoms with Crippen LogP contribution in [0.15, 0.2) is 66.0 Å². The molecule has 2 aliphatic heterocycles. The van der Waals surface area contributed by atoms with Gasteiger partial charge in [-0.25, -0.2) is 0 Å². The minimum atomic E-state index is -0.403. The van der Waals surface area contributed by atoms with E-state index in [9.17, 15) is 9.59 Å². The van der Waals surface area contributed by atoms with Crippen LogP contribution in [0.25, 0.3) is 0 Å². The van der Waals surface area contributed by atoms with Crippen molar-refractivity contribution in [1.29, 1.82) is 0 Å². The molecule has 0 spiro atoms. The van der Waals surface area contributed by atoms with Gasteiger partial charge in [0.1, 0.15) is 0 Å². The molecule has 1 aromatic heterocycles. The number of aryl methyl sites for hydroxylation is 1. The van der Waals surface area contributed by atoms with Gasteiger partial charge < -0.3 is 14.7 Å². The zero-order valence-electron chi connectivity index (χ0n) is 19.3. The lowest BCUT2D eigenvalue weighted by molar-refractivity contribution is -0.135. The van der Waals surface area contributed by atoms with Crippen LogP contribution in [0, 0.1) is 6.92 Å². The molecule has 0 radical (unpaired) electrons. The van der Waals surface area contributed by atoms with Crippen LogP contribution in [0.4, 0.5) is 5.69 Å². The summed E-state index contributed by atoms with van der Waals surface area (Å²) in [6.45, 7) is 6.42. The molecular weight excluding hydrogens is 430 g/mol. The Morgan fingerprint density at radius 2 is 1.85 bits per heavy atom. The van der Waals surface area contributed by atoms with E-state index in [1.807, 2.05) is 53.7 Å². The highest BCUT2D eigenvalue weighted by molar-refractivity contribution is 7.10. The molecule has 1 fully saturated rings. The van der Waals surface area contributed by atoms with Gasteiger partial charge in [-0.2, -0.15) is 0 Å². The summed E-state index contributed by atoms with van der Waals surface area (Å²) in [4.78, 5) is 34.4. The van der Waals surface area contributed by atoms with Crippen LogP contribution in [0.2, 0.25) is 0 Å². The number of piperazine rings is 1. The molecular formula is C27H29N3O2S. The Bertz CT molecular complexity index is 1180. The molecule has 3 aromatic rings. The quantitative estimate of drug-likeness (QED) is 0.570. The van der Waals surface area contributed by atoms with E-state index in [1.165, 1.54) is 11.3 Å². The van der Waals surface area contributed by atoms with E-state index >= 15 is 0 Å². The van der Waals surface area contributed by atoms with E-state index in [4.69, 9.17) is 0 Å². The van der Waals surface area contributed by atoms with Crippen molar-refractivity contribution >= 4 is 28.8 Å². The molecule has 0 aliphatic carbocycles. The SMILES string of the molecule is Cc1cccc(N2CCN(C(=O)C3c4ccccc4C(=O)N(C)C3c3cccs3)CC2C)c1. The lowest BCUT2D eigenvalue weighted by Crippen LogP contribution is -2.56. The van der Waals surface area contributed by atoms with Gasteiger partial charge in [-0.05, 0) is 54.6 Å².